The molecule has 0 atom stereocenters. The quantitative estimate of drug-likeness (QED) is 0.888. The minimum atomic E-state index is -0.728. The normalized spacial score (nSPS) is 11.9. The van der Waals surface area contributed by atoms with Crippen molar-refractivity contribution in [3.8, 4) is 0 Å². The summed E-state index contributed by atoms with van der Waals surface area (Å²) < 4.78 is 27.0. The number of hydrogen-bond acceptors (Lipinski definition) is 3. The van der Waals surface area contributed by atoms with Crippen molar-refractivity contribution >= 4 is 5.91 Å². The van der Waals surface area contributed by atoms with E-state index in [0.29, 0.717) is 0 Å². The van der Waals surface area contributed by atoms with Crippen molar-refractivity contribution in [2.45, 2.75) is 32.9 Å². The van der Waals surface area contributed by atoms with E-state index < -0.39 is 23.1 Å². The highest BCUT2D eigenvalue weighted by atomic mass is 19.1. The van der Waals surface area contributed by atoms with Crippen molar-refractivity contribution < 1.29 is 13.6 Å². The highest BCUT2D eigenvalue weighted by Gasteiger charge is 2.25. The number of amides is 1. The largest absolute Gasteiger partial charge is 0.369 e. The zero-order chi connectivity index (χ0) is 13.9. The van der Waals surface area contributed by atoms with E-state index >= 15 is 0 Å². The second-order valence-electron chi connectivity index (χ2n) is 5.07. The highest BCUT2D eigenvalue weighted by molar-refractivity contribution is 5.76. The summed E-state index contributed by atoms with van der Waals surface area (Å²) in [6, 6.07) is 0. The maximum atomic E-state index is 13.5. The summed E-state index contributed by atoms with van der Waals surface area (Å²) in [5.74, 6) is -2.00. The topological polar surface area (TPSA) is 59.2 Å². The molecule has 18 heavy (non-hydrogen) atoms. The van der Waals surface area contributed by atoms with E-state index in [1.807, 2.05) is 20.8 Å². The van der Waals surface area contributed by atoms with Crippen LogP contribution in [-0.4, -0.2) is 27.9 Å². The molecule has 0 aliphatic rings. The van der Waals surface area contributed by atoms with Crippen LogP contribution in [0.3, 0.4) is 0 Å². The van der Waals surface area contributed by atoms with E-state index in [4.69, 9.17) is 5.73 Å². The first-order valence-corrected chi connectivity index (χ1v) is 5.53. The molecule has 1 aromatic heterocycles. The molecule has 0 saturated heterocycles. The molecule has 1 rings (SSSR count). The van der Waals surface area contributed by atoms with E-state index in [1.54, 1.807) is 4.90 Å². The van der Waals surface area contributed by atoms with Crippen LogP contribution in [0.5, 0.6) is 0 Å². The predicted octanol–water partition coefficient (Wildman–Crippen LogP) is 1.45. The van der Waals surface area contributed by atoms with Gasteiger partial charge in [-0.05, 0) is 20.8 Å². The first-order chi connectivity index (χ1) is 8.21. The molecular weight excluding hydrogens is 240 g/mol. The van der Waals surface area contributed by atoms with Crippen LogP contribution < -0.4 is 5.73 Å². The number of hydrogen-bond donors (Lipinski definition) is 1. The van der Waals surface area contributed by atoms with E-state index in [9.17, 15) is 13.6 Å². The Morgan fingerprint density at radius 3 is 2.22 bits per heavy atom. The van der Waals surface area contributed by atoms with Crippen molar-refractivity contribution in [2.75, 3.05) is 6.54 Å². The molecule has 0 aromatic carbocycles. The maximum Gasteiger partial charge on any atom is 0.231 e. The van der Waals surface area contributed by atoms with Crippen molar-refractivity contribution in [1.29, 1.82) is 0 Å². The average Bonchev–Trinajstić information content (AvgIpc) is 2.20. The highest BCUT2D eigenvalue weighted by Crippen LogP contribution is 2.19. The van der Waals surface area contributed by atoms with Gasteiger partial charge < -0.3 is 5.73 Å². The summed E-state index contributed by atoms with van der Waals surface area (Å²) in [6.07, 6.45) is 1.90. The third-order valence-electron chi connectivity index (χ3n) is 2.60. The molecule has 0 aliphatic heterocycles. The molecule has 0 spiro atoms. The SMILES string of the molecule is CC(C)(C)N(CC(N)=O)Cc1c(F)cncc1F. The lowest BCUT2D eigenvalue weighted by Gasteiger charge is -2.34. The number of carbonyl (C=O) groups is 1. The zero-order valence-electron chi connectivity index (χ0n) is 10.7. The van der Waals surface area contributed by atoms with Gasteiger partial charge in [0, 0.05) is 17.6 Å². The standard InChI is InChI=1S/C12H17F2N3O/c1-12(2,3)17(7-11(15)18)6-8-9(13)4-16-5-10(8)14/h4-5H,6-7H2,1-3H3,(H2,15,18). The Morgan fingerprint density at radius 2 is 1.83 bits per heavy atom. The van der Waals surface area contributed by atoms with Crippen LogP contribution in [0.4, 0.5) is 8.78 Å². The van der Waals surface area contributed by atoms with Gasteiger partial charge >= 0.3 is 0 Å². The van der Waals surface area contributed by atoms with Gasteiger partial charge in [0.05, 0.1) is 18.9 Å². The molecule has 6 heteroatoms. The third-order valence-corrected chi connectivity index (χ3v) is 2.60. The lowest BCUT2D eigenvalue weighted by atomic mass is 10.0. The Kier molecular flexibility index (Phi) is 4.34. The first kappa shape index (κ1) is 14.5. The van der Waals surface area contributed by atoms with Crippen LogP contribution in [-0.2, 0) is 11.3 Å². The molecule has 0 bridgehead atoms. The Balaban J connectivity index is 3.00. The van der Waals surface area contributed by atoms with Gasteiger partial charge in [-0.2, -0.15) is 0 Å². The van der Waals surface area contributed by atoms with Gasteiger partial charge in [-0.3, -0.25) is 14.7 Å². The molecule has 0 saturated carbocycles. The minimum Gasteiger partial charge on any atom is -0.369 e. The van der Waals surface area contributed by atoms with Gasteiger partial charge in [-0.15, -0.1) is 0 Å². The van der Waals surface area contributed by atoms with Gasteiger partial charge in [0.2, 0.25) is 5.91 Å². The lowest BCUT2D eigenvalue weighted by molar-refractivity contribution is -0.120. The van der Waals surface area contributed by atoms with Gasteiger partial charge in [-0.25, -0.2) is 8.78 Å². The van der Waals surface area contributed by atoms with E-state index in [-0.39, 0.29) is 18.7 Å². The van der Waals surface area contributed by atoms with E-state index in [1.165, 1.54) is 0 Å². The third kappa shape index (κ3) is 3.73. The van der Waals surface area contributed by atoms with Crippen LogP contribution in [0.2, 0.25) is 0 Å². The van der Waals surface area contributed by atoms with Crippen molar-refractivity contribution in [3.63, 3.8) is 0 Å². The Bertz CT molecular complexity index is 423. The lowest BCUT2D eigenvalue weighted by Crippen LogP contribution is -2.45. The van der Waals surface area contributed by atoms with E-state index in [0.717, 1.165) is 12.4 Å². The molecule has 1 aromatic rings. The maximum absolute atomic E-state index is 13.5. The zero-order valence-corrected chi connectivity index (χ0v) is 10.7. The summed E-state index contributed by atoms with van der Waals surface area (Å²) in [6.45, 7) is 5.42. The second kappa shape index (κ2) is 5.39. The van der Waals surface area contributed by atoms with Crippen molar-refractivity contribution in [2.24, 2.45) is 5.73 Å². The number of nitrogens with zero attached hydrogens (tertiary/aromatic N) is 2. The summed E-state index contributed by atoms with van der Waals surface area (Å²) in [5.41, 5.74) is 4.60. The first-order valence-electron chi connectivity index (χ1n) is 5.53. The molecule has 0 aliphatic carbocycles. The monoisotopic (exact) mass is 257 g/mol. The molecule has 100 valence electrons. The van der Waals surface area contributed by atoms with Gasteiger partial charge in [0.1, 0.15) is 11.6 Å². The van der Waals surface area contributed by atoms with Gasteiger partial charge in [0.25, 0.3) is 0 Å². The Labute approximate surface area is 105 Å². The number of rotatable bonds is 4. The minimum absolute atomic E-state index is 0.0351. The fourth-order valence-corrected chi connectivity index (χ4v) is 1.50. The smallest absolute Gasteiger partial charge is 0.231 e. The fraction of sp³-hybridized carbons (Fsp3) is 0.500. The molecule has 0 radical (unpaired) electrons. The fourth-order valence-electron chi connectivity index (χ4n) is 1.50. The predicted molar refractivity (Wildman–Crippen MR) is 63.5 cm³/mol. The summed E-state index contributed by atoms with van der Waals surface area (Å²) in [7, 11) is 0. The van der Waals surface area contributed by atoms with Crippen LogP contribution in [0, 0.1) is 11.6 Å². The molecule has 1 amide bonds. The van der Waals surface area contributed by atoms with Crippen LogP contribution in [0.15, 0.2) is 12.4 Å². The summed E-state index contributed by atoms with van der Waals surface area (Å²) >= 11 is 0. The molecule has 2 N–H and O–H groups in total. The average molecular weight is 257 g/mol. The van der Waals surface area contributed by atoms with Gasteiger partial charge in [-0.1, -0.05) is 0 Å². The second-order valence-corrected chi connectivity index (χ2v) is 5.07. The van der Waals surface area contributed by atoms with Crippen LogP contribution in [0.1, 0.15) is 26.3 Å². The molecule has 0 unspecified atom stereocenters. The van der Waals surface area contributed by atoms with Gasteiger partial charge in [0.15, 0.2) is 0 Å². The summed E-state index contributed by atoms with van der Waals surface area (Å²) in [5, 5.41) is 0. The number of aromatic nitrogens is 1. The number of nitrogens with two attached hydrogens (primary N) is 1. The molecule has 1 heterocycles. The van der Waals surface area contributed by atoms with Crippen LogP contribution >= 0.6 is 0 Å². The summed E-state index contributed by atoms with van der Waals surface area (Å²) in [4.78, 5) is 16.0. The van der Waals surface area contributed by atoms with Crippen LogP contribution in [0.25, 0.3) is 0 Å². The number of carbonyl (C=O) groups excluding carboxylic acids is 1. The van der Waals surface area contributed by atoms with Crippen molar-refractivity contribution in [1.82, 2.24) is 9.88 Å². The number of primary amides is 1. The Morgan fingerprint density at radius 1 is 1.33 bits per heavy atom. The number of halogens is 2. The molecule has 4 nitrogen and oxygen atoms in total. The van der Waals surface area contributed by atoms with Crippen molar-refractivity contribution in [3.05, 3.63) is 29.6 Å². The Hall–Kier alpha value is -1.56. The molecular formula is C12H17F2N3O. The number of pyridine rings is 1. The van der Waals surface area contributed by atoms with E-state index in [2.05, 4.69) is 4.98 Å². The molecule has 0 fully saturated rings.